The van der Waals surface area contributed by atoms with E-state index in [0.717, 1.165) is 35.8 Å². The van der Waals surface area contributed by atoms with Gasteiger partial charge in [-0.3, -0.25) is 4.79 Å². The number of aliphatic hydroxyl groups is 1. The normalized spacial score (nSPS) is 18.3. The van der Waals surface area contributed by atoms with E-state index in [0.29, 0.717) is 12.3 Å². The topological polar surface area (TPSA) is 43.8 Å². The van der Waals surface area contributed by atoms with Gasteiger partial charge < -0.3 is 14.9 Å². The van der Waals surface area contributed by atoms with Crippen molar-refractivity contribution < 1.29 is 9.90 Å². The van der Waals surface area contributed by atoms with E-state index in [1.54, 1.807) is 0 Å². The first-order valence-electron chi connectivity index (χ1n) is 7.23. The number of nitrogens with zero attached hydrogens (tertiary/aromatic N) is 2. The van der Waals surface area contributed by atoms with Gasteiger partial charge in [0.15, 0.2) is 0 Å². The summed E-state index contributed by atoms with van der Waals surface area (Å²) in [5.74, 6) is 6.50. The Balaban J connectivity index is 1.92. The molecule has 0 aliphatic carbocycles. The summed E-state index contributed by atoms with van der Waals surface area (Å²) in [6, 6.07) is 3.71. The van der Waals surface area contributed by atoms with E-state index < -0.39 is 0 Å². The molecular weight excluding hydrogens is 284 g/mol. The highest BCUT2D eigenvalue weighted by Gasteiger charge is 2.23. The maximum absolute atomic E-state index is 12.4. The van der Waals surface area contributed by atoms with E-state index in [1.165, 1.54) is 11.3 Å². The summed E-state index contributed by atoms with van der Waals surface area (Å²) in [6.07, 6.45) is 1.63. The standard InChI is InChI=1S/C16H22N2O2S/c1-17-9-8-13(11-17)12-18(2)16(20)15-7-6-14(21-15)5-3-4-10-19/h6-7,13,19H,4,8-12H2,1-2H3. The maximum atomic E-state index is 12.4. The second kappa shape index (κ2) is 7.60. The molecule has 0 saturated carbocycles. The fraction of sp³-hybridized carbons (Fsp3) is 0.562. The Morgan fingerprint density at radius 2 is 2.38 bits per heavy atom. The number of aliphatic hydroxyl groups excluding tert-OH is 1. The minimum Gasteiger partial charge on any atom is -0.395 e. The smallest absolute Gasteiger partial charge is 0.263 e. The number of hydrogen-bond acceptors (Lipinski definition) is 4. The molecule has 2 heterocycles. The third-order valence-corrected chi connectivity index (χ3v) is 4.62. The minimum atomic E-state index is 0.0722. The zero-order valence-electron chi connectivity index (χ0n) is 12.6. The van der Waals surface area contributed by atoms with Gasteiger partial charge in [0.1, 0.15) is 0 Å². The molecule has 1 unspecified atom stereocenters. The van der Waals surface area contributed by atoms with Crippen molar-refractivity contribution in [1.29, 1.82) is 0 Å². The van der Waals surface area contributed by atoms with Gasteiger partial charge in [-0.1, -0.05) is 11.8 Å². The van der Waals surface area contributed by atoms with Crippen LogP contribution in [0.3, 0.4) is 0 Å². The Labute approximate surface area is 130 Å². The predicted octanol–water partition coefficient (Wildman–Crippen LogP) is 1.51. The molecule has 5 heteroatoms. The van der Waals surface area contributed by atoms with Gasteiger partial charge in [-0.05, 0) is 38.1 Å². The van der Waals surface area contributed by atoms with Crippen LogP contribution in [0.25, 0.3) is 0 Å². The van der Waals surface area contributed by atoms with Crippen molar-refractivity contribution in [1.82, 2.24) is 9.80 Å². The second-order valence-electron chi connectivity index (χ2n) is 5.54. The third-order valence-electron chi connectivity index (χ3n) is 3.63. The molecule has 0 spiro atoms. The Hall–Kier alpha value is -1.35. The Bertz CT molecular complexity index is 544. The molecule has 0 aromatic carbocycles. The van der Waals surface area contributed by atoms with Crippen LogP contribution in [0.2, 0.25) is 0 Å². The van der Waals surface area contributed by atoms with Gasteiger partial charge in [0.25, 0.3) is 5.91 Å². The van der Waals surface area contributed by atoms with Gasteiger partial charge in [0.2, 0.25) is 0 Å². The number of thiophene rings is 1. The molecule has 1 saturated heterocycles. The van der Waals surface area contributed by atoms with E-state index in [1.807, 2.05) is 24.1 Å². The Kier molecular flexibility index (Phi) is 5.80. The van der Waals surface area contributed by atoms with Crippen LogP contribution >= 0.6 is 11.3 Å². The van der Waals surface area contributed by atoms with E-state index in [4.69, 9.17) is 5.11 Å². The van der Waals surface area contributed by atoms with Crippen molar-refractivity contribution in [3.63, 3.8) is 0 Å². The lowest BCUT2D eigenvalue weighted by Gasteiger charge is -2.20. The van der Waals surface area contributed by atoms with Crippen LogP contribution in [0.15, 0.2) is 12.1 Å². The molecule has 0 bridgehead atoms. The van der Waals surface area contributed by atoms with Crippen molar-refractivity contribution in [2.45, 2.75) is 12.8 Å². The van der Waals surface area contributed by atoms with Gasteiger partial charge >= 0.3 is 0 Å². The van der Waals surface area contributed by atoms with Crippen LogP contribution in [-0.2, 0) is 0 Å². The summed E-state index contributed by atoms with van der Waals surface area (Å²) in [5, 5.41) is 8.70. The molecule has 1 N–H and O–H groups in total. The molecule has 114 valence electrons. The number of carbonyl (C=O) groups is 1. The third kappa shape index (κ3) is 4.57. The van der Waals surface area contributed by atoms with Crippen LogP contribution in [0.1, 0.15) is 27.4 Å². The van der Waals surface area contributed by atoms with Gasteiger partial charge in [-0.15, -0.1) is 11.3 Å². The number of carbonyl (C=O) groups excluding carboxylic acids is 1. The Morgan fingerprint density at radius 3 is 3.05 bits per heavy atom. The average molecular weight is 306 g/mol. The molecular formula is C16H22N2O2S. The highest BCUT2D eigenvalue weighted by Crippen LogP contribution is 2.20. The van der Waals surface area contributed by atoms with Crippen LogP contribution in [0.4, 0.5) is 0 Å². The lowest BCUT2D eigenvalue weighted by atomic mass is 10.1. The number of amides is 1. The molecule has 1 aliphatic rings. The van der Waals surface area contributed by atoms with Crippen LogP contribution in [0.5, 0.6) is 0 Å². The number of likely N-dealkylation sites (tertiary alicyclic amines) is 1. The molecule has 1 amide bonds. The summed E-state index contributed by atoms with van der Waals surface area (Å²) in [6.45, 7) is 3.07. The minimum absolute atomic E-state index is 0.0722. The molecule has 1 fully saturated rings. The molecule has 21 heavy (non-hydrogen) atoms. The van der Waals surface area contributed by atoms with Gasteiger partial charge in [0, 0.05) is 26.6 Å². The van der Waals surface area contributed by atoms with E-state index in [2.05, 4.69) is 23.8 Å². The molecule has 1 aliphatic heterocycles. The van der Waals surface area contributed by atoms with Crippen molar-refractivity contribution in [3.8, 4) is 11.8 Å². The molecule has 0 radical (unpaired) electrons. The van der Waals surface area contributed by atoms with Crippen LogP contribution in [0, 0.1) is 17.8 Å². The second-order valence-corrected chi connectivity index (χ2v) is 6.63. The van der Waals surface area contributed by atoms with Crippen molar-refractivity contribution >= 4 is 17.2 Å². The summed E-state index contributed by atoms with van der Waals surface area (Å²) < 4.78 is 0. The SMILES string of the molecule is CN1CCC(CN(C)C(=O)c2ccc(C#CCCO)s2)C1. The van der Waals surface area contributed by atoms with Gasteiger partial charge in [0.05, 0.1) is 16.4 Å². The number of hydrogen-bond donors (Lipinski definition) is 1. The first-order valence-corrected chi connectivity index (χ1v) is 8.05. The van der Waals surface area contributed by atoms with Gasteiger partial charge in [-0.25, -0.2) is 0 Å². The quantitative estimate of drug-likeness (QED) is 0.858. The fourth-order valence-corrected chi connectivity index (χ4v) is 3.43. The highest BCUT2D eigenvalue weighted by atomic mass is 32.1. The largest absolute Gasteiger partial charge is 0.395 e. The summed E-state index contributed by atoms with van der Waals surface area (Å²) in [5.41, 5.74) is 0. The maximum Gasteiger partial charge on any atom is 0.263 e. The molecule has 1 aromatic rings. The fourth-order valence-electron chi connectivity index (χ4n) is 2.56. The summed E-state index contributed by atoms with van der Waals surface area (Å²) >= 11 is 1.42. The first-order chi connectivity index (χ1) is 10.1. The zero-order valence-corrected chi connectivity index (χ0v) is 13.4. The predicted molar refractivity (Wildman–Crippen MR) is 85.5 cm³/mol. The lowest BCUT2D eigenvalue weighted by molar-refractivity contribution is 0.0779. The van der Waals surface area contributed by atoms with Crippen molar-refractivity contribution in [2.24, 2.45) is 5.92 Å². The molecule has 1 aromatic heterocycles. The van der Waals surface area contributed by atoms with E-state index >= 15 is 0 Å². The zero-order chi connectivity index (χ0) is 15.2. The first kappa shape index (κ1) is 16.0. The Morgan fingerprint density at radius 1 is 1.57 bits per heavy atom. The van der Waals surface area contributed by atoms with Crippen LogP contribution < -0.4 is 0 Å². The molecule has 4 nitrogen and oxygen atoms in total. The molecule has 1 atom stereocenters. The highest BCUT2D eigenvalue weighted by molar-refractivity contribution is 7.14. The average Bonchev–Trinajstić information content (AvgIpc) is 3.08. The monoisotopic (exact) mass is 306 g/mol. The van der Waals surface area contributed by atoms with E-state index in [9.17, 15) is 4.79 Å². The van der Waals surface area contributed by atoms with E-state index in [-0.39, 0.29) is 12.5 Å². The summed E-state index contributed by atoms with van der Waals surface area (Å²) in [7, 11) is 4.00. The van der Waals surface area contributed by atoms with Crippen molar-refractivity contribution in [2.75, 3.05) is 40.3 Å². The number of rotatable bonds is 4. The lowest BCUT2D eigenvalue weighted by Crippen LogP contribution is -2.32. The van der Waals surface area contributed by atoms with Gasteiger partial charge in [-0.2, -0.15) is 0 Å². The van der Waals surface area contributed by atoms with Crippen LogP contribution in [-0.4, -0.2) is 61.2 Å². The summed E-state index contributed by atoms with van der Waals surface area (Å²) in [4.78, 5) is 18.1. The molecule has 2 rings (SSSR count). The van der Waals surface area contributed by atoms with Crippen molar-refractivity contribution in [3.05, 3.63) is 21.9 Å².